The Balaban J connectivity index is 2.00. The lowest BCUT2D eigenvalue weighted by molar-refractivity contribution is -0.172. The van der Waals surface area contributed by atoms with Crippen LogP contribution in [0.1, 0.15) is 36.7 Å². The SMILES string of the molecule is CCOC(=O)C1(C(=O)OCC)Cc2oc3ccc(OC)cc3c2C1c1ccccc1. The summed E-state index contributed by atoms with van der Waals surface area (Å²) >= 11 is 0. The van der Waals surface area contributed by atoms with Crippen LogP contribution in [0.4, 0.5) is 0 Å². The lowest BCUT2D eigenvalue weighted by atomic mass is 9.72. The Morgan fingerprint density at radius 3 is 2.30 bits per heavy atom. The van der Waals surface area contributed by atoms with Gasteiger partial charge in [0.25, 0.3) is 0 Å². The second-order valence-electron chi connectivity index (χ2n) is 7.23. The first-order chi connectivity index (χ1) is 14.6. The number of furan rings is 1. The zero-order valence-corrected chi connectivity index (χ0v) is 17.3. The summed E-state index contributed by atoms with van der Waals surface area (Å²) in [7, 11) is 1.59. The van der Waals surface area contributed by atoms with Crippen molar-refractivity contribution in [1.29, 1.82) is 0 Å². The van der Waals surface area contributed by atoms with E-state index < -0.39 is 23.3 Å². The van der Waals surface area contributed by atoms with E-state index in [1.165, 1.54) is 0 Å². The molecule has 0 radical (unpaired) electrons. The minimum absolute atomic E-state index is 0.0799. The Labute approximate surface area is 174 Å². The number of benzene rings is 2. The van der Waals surface area contributed by atoms with Crippen LogP contribution in [-0.4, -0.2) is 32.3 Å². The lowest BCUT2D eigenvalue weighted by Crippen LogP contribution is -2.46. The molecule has 0 N–H and O–H groups in total. The molecule has 0 saturated carbocycles. The van der Waals surface area contributed by atoms with Crippen molar-refractivity contribution in [3.63, 3.8) is 0 Å². The number of carbonyl (C=O) groups is 2. The first-order valence-electron chi connectivity index (χ1n) is 10.1. The Bertz CT molecular complexity index is 1060. The molecule has 30 heavy (non-hydrogen) atoms. The van der Waals surface area contributed by atoms with Crippen LogP contribution in [0.25, 0.3) is 11.0 Å². The molecule has 0 amide bonds. The molecular formula is C24H24O6. The van der Waals surface area contributed by atoms with E-state index in [4.69, 9.17) is 18.6 Å². The van der Waals surface area contributed by atoms with Gasteiger partial charge >= 0.3 is 11.9 Å². The Kier molecular flexibility index (Phi) is 5.24. The average molecular weight is 408 g/mol. The normalized spacial score (nSPS) is 16.8. The van der Waals surface area contributed by atoms with Crippen molar-refractivity contribution in [3.8, 4) is 5.75 Å². The standard InChI is InChI=1S/C24H24O6/c1-4-28-22(25)24(23(26)29-5-2)14-19-20(21(24)15-9-7-6-8-10-15)17-13-16(27-3)11-12-18(17)30-19/h6-13,21H,4-5,14H2,1-3H3. The van der Waals surface area contributed by atoms with Crippen molar-refractivity contribution in [3.05, 3.63) is 65.4 Å². The molecule has 0 saturated heterocycles. The van der Waals surface area contributed by atoms with Gasteiger partial charge in [-0.2, -0.15) is 0 Å². The molecule has 1 aliphatic rings. The number of carbonyl (C=O) groups excluding carboxylic acids is 2. The van der Waals surface area contributed by atoms with Crippen molar-refractivity contribution in [2.24, 2.45) is 5.41 Å². The minimum Gasteiger partial charge on any atom is -0.497 e. The number of hydrogen-bond donors (Lipinski definition) is 0. The van der Waals surface area contributed by atoms with E-state index in [0.29, 0.717) is 17.1 Å². The van der Waals surface area contributed by atoms with Crippen LogP contribution >= 0.6 is 0 Å². The number of hydrogen-bond acceptors (Lipinski definition) is 6. The number of rotatable bonds is 6. The highest BCUT2D eigenvalue weighted by Crippen LogP contribution is 2.55. The van der Waals surface area contributed by atoms with Gasteiger partial charge in [0.15, 0.2) is 5.41 Å². The lowest BCUT2D eigenvalue weighted by Gasteiger charge is -2.31. The van der Waals surface area contributed by atoms with Crippen LogP contribution in [0.2, 0.25) is 0 Å². The summed E-state index contributed by atoms with van der Waals surface area (Å²) in [6.07, 6.45) is 0.0799. The summed E-state index contributed by atoms with van der Waals surface area (Å²) in [5, 5.41) is 0.814. The maximum absolute atomic E-state index is 13.3. The van der Waals surface area contributed by atoms with Gasteiger partial charge in [-0.15, -0.1) is 0 Å². The molecule has 0 aliphatic heterocycles. The quantitative estimate of drug-likeness (QED) is 0.449. The minimum atomic E-state index is -1.54. The van der Waals surface area contributed by atoms with E-state index in [0.717, 1.165) is 16.5 Å². The number of methoxy groups -OCH3 is 1. The first kappa shape index (κ1) is 20.0. The van der Waals surface area contributed by atoms with Crippen LogP contribution in [0, 0.1) is 5.41 Å². The predicted molar refractivity (Wildman–Crippen MR) is 110 cm³/mol. The van der Waals surface area contributed by atoms with Crippen molar-refractivity contribution >= 4 is 22.9 Å². The molecule has 0 fully saturated rings. The Morgan fingerprint density at radius 2 is 1.70 bits per heavy atom. The van der Waals surface area contributed by atoms with Gasteiger partial charge in [-0.25, -0.2) is 0 Å². The molecule has 2 aromatic carbocycles. The third kappa shape index (κ3) is 2.95. The first-order valence-corrected chi connectivity index (χ1v) is 10.1. The summed E-state index contributed by atoms with van der Waals surface area (Å²) in [6, 6.07) is 15.0. The summed E-state index contributed by atoms with van der Waals surface area (Å²) in [6.45, 7) is 3.77. The zero-order chi connectivity index (χ0) is 21.3. The number of esters is 2. The van der Waals surface area contributed by atoms with Gasteiger partial charge in [-0.3, -0.25) is 9.59 Å². The Morgan fingerprint density at radius 1 is 1.03 bits per heavy atom. The predicted octanol–water partition coefficient (Wildman–Crippen LogP) is 4.24. The van der Waals surface area contributed by atoms with E-state index in [1.54, 1.807) is 21.0 Å². The molecular weight excluding hydrogens is 384 g/mol. The molecule has 6 nitrogen and oxygen atoms in total. The number of fused-ring (bicyclic) bond motifs is 3. The highest BCUT2D eigenvalue weighted by molar-refractivity contribution is 6.05. The molecule has 1 aromatic heterocycles. The van der Waals surface area contributed by atoms with E-state index in [-0.39, 0.29) is 19.6 Å². The molecule has 1 atom stereocenters. The summed E-state index contributed by atoms with van der Waals surface area (Å²) in [4.78, 5) is 26.6. The molecule has 4 rings (SSSR count). The average Bonchev–Trinajstić information content (AvgIpc) is 3.28. The Hall–Kier alpha value is -3.28. The highest BCUT2D eigenvalue weighted by Gasteiger charge is 2.62. The second-order valence-corrected chi connectivity index (χ2v) is 7.23. The van der Waals surface area contributed by atoms with E-state index in [9.17, 15) is 9.59 Å². The summed E-state index contributed by atoms with van der Waals surface area (Å²) in [5.74, 6) is -0.532. The van der Waals surface area contributed by atoms with Crippen molar-refractivity contribution in [2.75, 3.05) is 20.3 Å². The summed E-state index contributed by atoms with van der Waals surface area (Å²) in [5.41, 5.74) is 0.765. The van der Waals surface area contributed by atoms with Crippen LogP contribution in [0.5, 0.6) is 5.75 Å². The monoisotopic (exact) mass is 408 g/mol. The molecule has 1 heterocycles. The zero-order valence-electron chi connectivity index (χ0n) is 17.3. The molecule has 3 aromatic rings. The molecule has 1 unspecified atom stereocenters. The molecule has 0 bridgehead atoms. The molecule has 1 aliphatic carbocycles. The van der Waals surface area contributed by atoms with Gasteiger partial charge in [-0.1, -0.05) is 30.3 Å². The van der Waals surface area contributed by atoms with E-state index in [1.807, 2.05) is 48.5 Å². The maximum atomic E-state index is 13.3. The fourth-order valence-electron chi connectivity index (χ4n) is 4.40. The molecule has 156 valence electrons. The van der Waals surface area contributed by atoms with Gasteiger partial charge < -0.3 is 18.6 Å². The smallest absolute Gasteiger partial charge is 0.324 e. The van der Waals surface area contributed by atoms with Crippen LogP contribution in [-0.2, 0) is 25.5 Å². The van der Waals surface area contributed by atoms with E-state index in [2.05, 4.69) is 0 Å². The topological polar surface area (TPSA) is 75.0 Å². The third-order valence-electron chi connectivity index (χ3n) is 5.64. The largest absolute Gasteiger partial charge is 0.497 e. The number of ether oxygens (including phenoxy) is 3. The van der Waals surface area contributed by atoms with Gasteiger partial charge in [0.1, 0.15) is 17.1 Å². The van der Waals surface area contributed by atoms with Gasteiger partial charge in [0.05, 0.1) is 20.3 Å². The fourth-order valence-corrected chi connectivity index (χ4v) is 4.40. The van der Waals surface area contributed by atoms with Crippen LogP contribution < -0.4 is 4.74 Å². The van der Waals surface area contributed by atoms with Crippen LogP contribution in [0.15, 0.2) is 52.9 Å². The second kappa shape index (κ2) is 7.86. The van der Waals surface area contributed by atoms with E-state index >= 15 is 0 Å². The highest BCUT2D eigenvalue weighted by atomic mass is 16.6. The molecule has 0 spiro atoms. The van der Waals surface area contributed by atoms with Crippen molar-refractivity contribution in [2.45, 2.75) is 26.2 Å². The summed E-state index contributed by atoms with van der Waals surface area (Å²) < 4.78 is 22.3. The third-order valence-corrected chi connectivity index (χ3v) is 5.64. The molecule has 6 heteroatoms. The van der Waals surface area contributed by atoms with Gasteiger partial charge in [0, 0.05) is 23.3 Å². The fraction of sp³-hybridized carbons (Fsp3) is 0.333. The van der Waals surface area contributed by atoms with Gasteiger partial charge in [-0.05, 0) is 37.6 Å². The maximum Gasteiger partial charge on any atom is 0.324 e. The van der Waals surface area contributed by atoms with Crippen molar-refractivity contribution < 1.29 is 28.2 Å². The van der Waals surface area contributed by atoms with Gasteiger partial charge in [0.2, 0.25) is 0 Å². The van der Waals surface area contributed by atoms with Crippen molar-refractivity contribution in [1.82, 2.24) is 0 Å². The van der Waals surface area contributed by atoms with Crippen LogP contribution in [0.3, 0.4) is 0 Å².